The number of para-hydroxylation sites is 1. The van der Waals surface area contributed by atoms with E-state index in [2.05, 4.69) is 5.32 Å². The Morgan fingerprint density at radius 2 is 1.68 bits per heavy atom. The molecule has 0 aliphatic rings. The Labute approximate surface area is 146 Å². The van der Waals surface area contributed by atoms with Gasteiger partial charge in [0.25, 0.3) is 5.91 Å². The standard InChI is InChI=1S/C19H21NO5/c1-13(19(22)20-15-8-10-16(23-2)11-9-15)25-18(21)12-14-6-4-5-7-17(14)24-3/h4-11,13H,12H2,1-3H3,(H,20,22)/t13-/m0/s1. The molecule has 25 heavy (non-hydrogen) atoms. The fourth-order valence-electron chi connectivity index (χ4n) is 2.22. The molecule has 0 aliphatic heterocycles. The summed E-state index contributed by atoms with van der Waals surface area (Å²) in [6.45, 7) is 1.53. The molecule has 0 heterocycles. The van der Waals surface area contributed by atoms with E-state index in [-0.39, 0.29) is 6.42 Å². The van der Waals surface area contributed by atoms with Crippen LogP contribution in [0, 0.1) is 0 Å². The molecule has 2 aromatic carbocycles. The summed E-state index contributed by atoms with van der Waals surface area (Å²) in [5.41, 5.74) is 1.30. The van der Waals surface area contributed by atoms with Crippen molar-refractivity contribution in [3.05, 3.63) is 54.1 Å². The van der Waals surface area contributed by atoms with Crippen molar-refractivity contribution in [3.8, 4) is 11.5 Å². The lowest BCUT2D eigenvalue weighted by Crippen LogP contribution is -2.30. The van der Waals surface area contributed by atoms with Gasteiger partial charge in [0.15, 0.2) is 6.10 Å². The Bertz CT molecular complexity index is 727. The minimum Gasteiger partial charge on any atom is -0.497 e. The number of carbonyl (C=O) groups excluding carboxylic acids is 2. The van der Waals surface area contributed by atoms with Crippen LogP contribution in [0.15, 0.2) is 48.5 Å². The van der Waals surface area contributed by atoms with Gasteiger partial charge in [-0.1, -0.05) is 18.2 Å². The van der Waals surface area contributed by atoms with Crippen LogP contribution in [0.25, 0.3) is 0 Å². The first-order valence-corrected chi connectivity index (χ1v) is 7.79. The smallest absolute Gasteiger partial charge is 0.311 e. The first-order valence-electron chi connectivity index (χ1n) is 7.79. The number of amides is 1. The minimum absolute atomic E-state index is 0.0319. The van der Waals surface area contributed by atoms with E-state index in [1.807, 2.05) is 12.1 Å². The molecule has 1 N–H and O–H groups in total. The molecule has 0 bridgehead atoms. The van der Waals surface area contributed by atoms with E-state index in [9.17, 15) is 9.59 Å². The first-order chi connectivity index (χ1) is 12.0. The molecule has 0 saturated heterocycles. The first kappa shape index (κ1) is 18.3. The van der Waals surface area contributed by atoms with E-state index in [1.54, 1.807) is 43.5 Å². The molecule has 6 nitrogen and oxygen atoms in total. The third-order valence-corrected chi connectivity index (χ3v) is 3.56. The normalized spacial score (nSPS) is 11.3. The van der Waals surface area contributed by atoms with Gasteiger partial charge in [0, 0.05) is 11.3 Å². The van der Waals surface area contributed by atoms with Crippen LogP contribution in [-0.2, 0) is 20.7 Å². The maximum Gasteiger partial charge on any atom is 0.311 e. The summed E-state index contributed by atoms with van der Waals surface area (Å²) in [4.78, 5) is 24.2. The fourth-order valence-corrected chi connectivity index (χ4v) is 2.22. The van der Waals surface area contributed by atoms with Crippen molar-refractivity contribution in [2.24, 2.45) is 0 Å². The summed E-state index contributed by atoms with van der Waals surface area (Å²) in [5, 5.41) is 2.69. The molecule has 6 heteroatoms. The Kier molecular flexibility index (Phi) is 6.39. The molecule has 0 unspecified atom stereocenters. The molecule has 1 atom stereocenters. The topological polar surface area (TPSA) is 73.9 Å². The molecule has 1 amide bonds. The molecule has 2 aromatic rings. The highest BCUT2D eigenvalue weighted by Gasteiger charge is 2.19. The molecule has 0 radical (unpaired) electrons. The molecule has 0 aliphatic carbocycles. The highest BCUT2D eigenvalue weighted by Crippen LogP contribution is 2.19. The average molecular weight is 343 g/mol. The highest BCUT2D eigenvalue weighted by atomic mass is 16.5. The van der Waals surface area contributed by atoms with Gasteiger partial charge in [-0.3, -0.25) is 9.59 Å². The van der Waals surface area contributed by atoms with Crippen molar-refractivity contribution >= 4 is 17.6 Å². The number of rotatable bonds is 7. The SMILES string of the molecule is COc1ccc(NC(=O)[C@H](C)OC(=O)Cc2ccccc2OC)cc1. The molecule has 132 valence electrons. The van der Waals surface area contributed by atoms with Gasteiger partial charge in [0.05, 0.1) is 20.6 Å². The van der Waals surface area contributed by atoms with Gasteiger partial charge in [-0.05, 0) is 37.3 Å². The average Bonchev–Trinajstić information content (AvgIpc) is 2.62. The second kappa shape index (κ2) is 8.73. The van der Waals surface area contributed by atoms with Gasteiger partial charge in [0.1, 0.15) is 11.5 Å². The van der Waals surface area contributed by atoms with Crippen molar-refractivity contribution in [3.63, 3.8) is 0 Å². The van der Waals surface area contributed by atoms with Crippen molar-refractivity contribution in [2.75, 3.05) is 19.5 Å². The maximum absolute atomic E-state index is 12.1. The van der Waals surface area contributed by atoms with Crippen LogP contribution in [0.5, 0.6) is 11.5 Å². The zero-order chi connectivity index (χ0) is 18.2. The molecule has 0 aromatic heterocycles. The van der Waals surface area contributed by atoms with Gasteiger partial charge in [-0.25, -0.2) is 0 Å². The molecule has 2 rings (SSSR count). The summed E-state index contributed by atoms with van der Waals surface area (Å²) in [6.07, 6.45) is -0.881. The van der Waals surface area contributed by atoms with E-state index in [0.717, 1.165) is 0 Å². The van der Waals surface area contributed by atoms with Crippen molar-refractivity contribution in [1.29, 1.82) is 0 Å². The van der Waals surface area contributed by atoms with Crippen molar-refractivity contribution in [1.82, 2.24) is 0 Å². The van der Waals surface area contributed by atoms with Crippen LogP contribution in [0.3, 0.4) is 0 Å². The minimum atomic E-state index is -0.913. The third-order valence-electron chi connectivity index (χ3n) is 3.56. The summed E-state index contributed by atoms with van der Waals surface area (Å²) in [7, 11) is 3.10. The van der Waals surface area contributed by atoms with Gasteiger partial charge in [0.2, 0.25) is 0 Å². The summed E-state index contributed by atoms with van der Waals surface area (Å²) in [6, 6.07) is 14.1. The zero-order valence-corrected chi connectivity index (χ0v) is 14.4. The lowest BCUT2D eigenvalue weighted by molar-refractivity contribution is -0.152. The maximum atomic E-state index is 12.1. The number of hydrogen-bond donors (Lipinski definition) is 1. The van der Waals surface area contributed by atoms with E-state index < -0.39 is 18.0 Å². The second-order valence-corrected chi connectivity index (χ2v) is 5.34. The molecular weight excluding hydrogens is 322 g/mol. The van der Waals surface area contributed by atoms with E-state index in [0.29, 0.717) is 22.7 Å². The fraction of sp³-hybridized carbons (Fsp3) is 0.263. The Hall–Kier alpha value is -3.02. The number of nitrogens with one attached hydrogen (secondary N) is 1. The van der Waals surface area contributed by atoms with Crippen LogP contribution in [0.2, 0.25) is 0 Å². The highest BCUT2D eigenvalue weighted by molar-refractivity contribution is 5.95. The molecule has 0 spiro atoms. The number of benzene rings is 2. The quantitative estimate of drug-likeness (QED) is 0.783. The summed E-state index contributed by atoms with van der Waals surface area (Å²) in [5.74, 6) is 0.393. The lowest BCUT2D eigenvalue weighted by atomic mass is 10.1. The van der Waals surface area contributed by atoms with Crippen LogP contribution in [0.4, 0.5) is 5.69 Å². The Balaban J connectivity index is 1.90. The van der Waals surface area contributed by atoms with E-state index in [4.69, 9.17) is 14.2 Å². The number of carbonyl (C=O) groups is 2. The molecule has 0 saturated carbocycles. The van der Waals surface area contributed by atoms with Gasteiger partial charge in [-0.15, -0.1) is 0 Å². The van der Waals surface area contributed by atoms with Crippen LogP contribution < -0.4 is 14.8 Å². The van der Waals surface area contributed by atoms with Gasteiger partial charge in [-0.2, -0.15) is 0 Å². The monoisotopic (exact) mass is 343 g/mol. The van der Waals surface area contributed by atoms with E-state index >= 15 is 0 Å². The zero-order valence-electron chi connectivity index (χ0n) is 14.4. The number of esters is 1. The van der Waals surface area contributed by atoms with Crippen LogP contribution in [-0.4, -0.2) is 32.2 Å². The van der Waals surface area contributed by atoms with Crippen LogP contribution in [0.1, 0.15) is 12.5 Å². The van der Waals surface area contributed by atoms with E-state index in [1.165, 1.54) is 14.0 Å². The summed E-state index contributed by atoms with van der Waals surface area (Å²) >= 11 is 0. The lowest BCUT2D eigenvalue weighted by Gasteiger charge is -2.14. The van der Waals surface area contributed by atoms with Crippen molar-refractivity contribution < 1.29 is 23.8 Å². The predicted molar refractivity (Wildman–Crippen MR) is 93.9 cm³/mol. The second-order valence-electron chi connectivity index (χ2n) is 5.34. The van der Waals surface area contributed by atoms with Crippen LogP contribution >= 0.6 is 0 Å². The summed E-state index contributed by atoms with van der Waals surface area (Å²) < 4.78 is 15.5. The van der Waals surface area contributed by atoms with Gasteiger partial charge >= 0.3 is 5.97 Å². The number of anilines is 1. The van der Waals surface area contributed by atoms with Crippen molar-refractivity contribution in [2.45, 2.75) is 19.4 Å². The predicted octanol–water partition coefficient (Wildman–Crippen LogP) is 2.82. The third kappa shape index (κ3) is 5.24. The molecular formula is C19H21NO5. The number of hydrogen-bond acceptors (Lipinski definition) is 5. The van der Waals surface area contributed by atoms with Gasteiger partial charge < -0.3 is 19.5 Å². The molecule has 0 fully saturated rings. The Morgan fingerprint density at radius 1 is 1.00 bits per heavy atom. The number of methoxy groups -OCH3 is 2. The number of ether oxygens (including phenoxy) is 3. The Morgan fingerprint density at radius 3 is 2.32 bits per heavy atom. The largest absolute Gasteiger partial charge is 0.497 e.